The molecule has 0 aromatic heterocycles. The van der Waals surface area contributed by atoms with Crippen molar-refractivity contribution in [1.82, 2.24) is 4.90 Å². The Morgan fingerprint density at radius 1 is 1.19 bits per heavy atom. The molecule has 0 aliphatic heterocycles. The second kappa shape index (κ2) is 5.17. The number of rotatable bonds is 3. The fraction of sp³-hybridized carbons (Fsp3) is 0.923. The summed E-state index contributed by atoms with van der Waals surface area (Å²) in [5.74, 6) is 0.974. The number of likely N-dealkylation sites (N-methyl/N-ethyl adjacent to an activating group) is 1. The van der Waals surface area contributed by atoms with Gasteiger partial charge in [0, 0.05) is 25.6 Å². The Kier molecular flexibility index (Phi) is 3.85. The van der Waals surface area contributed by atoms with Gasteiger partial charge in [-0.15, -0.1) is 0 Å². The first-order valence-corrected chi connectivity index (χ1v) is 6.69. The van der Waals surface area contributed by atoms with Gasteiger partial charge in [-0.05, 0) is 31.6 Å². The van der Waals surface area contributed by atoms with Crippen LogP contribution in [0.2, 0.25) is 0 Å². The third-order valence-corrected chi connectivity index (χ3v) is 4.36. The molecule has 2 aliphatic carbocycles. The van der Waals surface area contributed by atoms with E-state index < -0.39 is 0 Å². The fourth-order valence-electron chi connectivity index (χ4n) is 2.89. The molecule has 2 atom stereocenters. The molecule has 3 nitrogen and oxygen atoms in total. The predicted molar refractivity (Wildman–Crippen MR) is 65.0 cm³/mol. The van der Waals surface area contributed by atoms with E-state index in [-0.39, 0.29) is 6.04 Å². The number of hydrogen-bond acceptors (Lipinski definition) is 2. The van der Waals surface area contributed by atoms with E-state index in [0.717, 1.165) is 19.3 Å². The van der Waals surface area contributed by atoms with Crippen molar-refractivity contribution in [3.05, 3.63) is 0 Å². The Bertz CT molecular complexity index is 250. The van der Waals surface area contributed by atoms with Gasteiger partial charge in [-0.3, -0.25) is 4.79 Å². The predicted octanol–water partition coefficient (Wildman–Crippen LogP) is 1.90. The van der Waals surface area contributed by atoms with Crippen LogP contribution in [0.25, 0.3) is 0 Å². The fourth-order valence-corrected chi connectivity index (χ4v) is 2.89. The Morgan fingerprint density at radius 3 is 2.44 bits per heavy atom. The van der Waals surface area contributed by atoms with Gasteiger partial charge in [0.15, 0.2) is 0 Å². The maximum absolute atomic E-state index is 12.1. The van der Waals surface area contributed by atoms with Crippen LogP contribution in [0.5, 0.6) is 0 Å². The smallest absolute Gasteiger partial charge is 0.222 e. The minimum absolute atomic E-state index is 0.198. The summed E-state index contributed by atoms with van der Waals surface area (Å²) in [5, 5.41) is 0. The van der Waals surface area contributed by atoms with E-state index in [4.69, 9.17) is 5.73 Å². The molecule has 16 heavy (non-hydrogen) atoms. The summed E-state index contributed by atoms with van der Waals surface area (Å²) in [7, 11) is 1.94. The van der Waals surface area contributed by atoms with E-state index in [9.17, 15) is 4.79 Å². The van der Waals surface area contributed by atoms with Gasteiger partial charge in [0.25, 0.3) is 0 Å². The van der Waals surface area contributed by atoms with Crippen molar-refractivity contribution in [1.29, 1.82) is 0 Å². The van der Waals surface area contributed by atoms with Gasteiger partial charge in [-0.2, -0.15) is 0 Å². The second-order valence-corrected chi connectivity index (χ2v) is 5.52. The van der Waals surface area contributed by atoms with Crippen LogP contribution in [0.4, 0.5) is 0 Å². The third kappa shape index (κ3) is 2.57. The van der Waals surface area contributed by atoms with Crippen LogP contribution in [0, 0.1) is 5.92 Å². The molecule has 0 bridgehead atoms. The standard InChI is InChI=1S/C13H24N2O/c1-15(12-8-3-2-7-11(12)14)13(16)9-10-5-4-6-10/h10-12H,2-9,14H2,1H3. The molecule has 92 valence electrons. The van der Waals surface area contributed by atoms with E-state index in [2.05, 4.69) is 0 Å². The van der Waals surface area contributed by atoms with E-state index in [1.54, 1.807) is 0 Å². The summed E-state index contributed by atoms with van der Waals surface area (Å²) in [6, 6.07) is 0.491. The molecular weight excluding hydrogens is 200 g/mol. The van der Waals surface area contributed by atoms with Gasteiger partial charge >= 0.3 is 0 Å². The molecule has 0 heterocycles. The largest absolute Gasteiger partial charge is 0.341 e. The number of nitrogens with zero attached hydrogens (tertiary/aromatic N) is 1. The molecule has 1 amide bonds. The van der Waals surface area contributed by atoms with E-state index in [1.807, 2.05) is 11.9 Å². The number of hydrogen-bond donors (Lipinski definition) is 1. The first-order valence-electron chi connectivity index (χ1n) is 6.69. The Labute approximate surface area is 98.4 Å². The van der Waals surface area contributed by atoms with Gasteiger partial charge in [0.1, 0.15) is 0 Å². The minimum Gasteiger partial charge on any atom is -0.341 e. The number of carbonyl (C=O) groups excluding carboxylic acids is 1. The average molecular weight is 224 g/mol. The molecule has 3 heteroatoms. The van der Waals surface area contributed by atoms with Crippen molar-refractivity contribution >= 4 is 5.91 Å². The summed E-state index contributed by atoms with van der Waals surface area (Å²) >= 11 is 0. The van der Waals surface area contributed by atoms with E-state index >= 15 is 0 Å². The highest BCUT2D eigenvalue weighted by molar-refractivity contribution is 5.76. The van der Waals surface area contributed by atoms with Crippen LogP contribution in [-0.4, -0.2) is 29.9 Å². The van der Waals surface area contributed by atoms with Crippen LogP contribution in [0.3, 0.4) is 0 Å². The summed E-state index contributed by atoms with van der Waals surface area (Å²) in [6.45, 7) is 0. The van der Waals surface area contributed by atoms with Crippen LogP contribution < -0.4 is 5.73 Å². The van der Waals surface area contributed by atoms with E-state index in [0.29, 0.717) is 17.9 Å². The number of amides is 1. The summed E-state index contributed by atoms with van der Waals surface area (Å²) in [4.78, 5) is 14.0. The lowest BCUT2D eigenvalue weighted by atomic mass is 9.82. The number of carbonyl (C=O) groups is 1. The lowest BCUT2D eigenvalue weighted by molar-refractivity contribution is -0.134. The molecule has 0 spiro atoms. The SMILES string of the molecule is CN(C(=O)CC1CCC1)C1CCCCC1N. The molecule has 0 aromatic rings. The van der Waals surface area contributed by atoms with Crippen LogP contribution in [-0.2, 0) is 4.79 Å². The molecule has 0 aromatic carbocycles. The minimum atomic E-state index is 0.198. The van der Waals surface area contributed by atoms with Crippen molar-refractivity contribution in [2.45, 2.75) is 63.5 Å². The lowest BCUT2D eigenvalue weighted by Crippen LogP contribution is -2.50. The molecule has 2 saturated carbocycles. The lowest BCUT2D eigenvalue weighted by Gasteiger charge is -2.37. The Hall–Kier alpha value is -0.570. The van der Waals surface area contributed by atoms with Gasteiger partial charge in [0.05, 0.1) is 0 Å². The van der Waals surface area contributed by atoms with Crippen molar-refractivity contribution < 1.29 is 4.79 Å². The van der Waals surface area contributed by atoms with Crippen molar-refractivity contribution in [2.75, 3.05) is 7.05 Å². The van der Waals surface area contributed by atoms with E-state index in [1.165, 1.54) is 32.1 Å². The zero-order chi connectivity index (χ0) is 11.5. The summed E-state index contributed by atoms with van der Waals surface area (Å²) < 4.78 is 0. The molecule has 0 radical (unpaired) electrons. The first kappa shape index (κ1) is 11.9. The first-order chi connectivity index (χ1) is 7.68. The average Bonchev–Trinajstić information content (AvgIpc) is 2.23. The second-order valence-electron chi connectivity index (χ2n) is 5.52. The van der Waals surface area contributed by atoms with Crippen molar-refractivity contribution in [3.63, 3.8) is 0 Å². The van der Waals surface area contributed by atoms with Gasteiger partial charge in [-0.25, -0.2) is 0 Å². The monoisotopic (exact) mass is 224 g/mol. The molecular formula is C13H24N2O. The summed E-state index contributed by atoms with van der Waals surface area (Å²) in [5.41, 5.74) is 6.10. The Balaban J connectivity index is 1.84. The van der Waals surface area contributed by atoms with Gasteiger partial charge in [-0.1, -0.05) is 19.3 Å². The van der Waals surface area contributed by atoms with Gasteiger partial charge in [0.2, 0.25) is 5.91 Å². The van der Waals surface area contributed by atoms with Crippen LogP contribution in [0.15, 0.2) is 0 Å². The molecule has 0 saturated heterocycles. The highest BCUT2D eigenvalue weighted by Crippen LogP contribution is 2.30. The van der Waals surface area contributed by atoms with Crippen LogP contribution in [0.1, 0.15) is 51.4 Å². The van der Waals surface area contributed by atoms with Gasteiger partial charge < -0.3 is 10.6 Å². The maximum Gasteiger partial charge on any atom is 0.222 e. The zero-order valence-corrected chi connectivity index (χ0v) is 10.3. The highest BCUT2D eigenvalue weighted by Gasteiger charge is 2.30. The number of nitrogens with two attached hydrogens (primary N) is 1. The molecule has 2 unspecified atom stereocenters. The normalized spacial score (nSPS) is 30.9. The molecule has 2 N–H and O–H groups in total. The molecule has 2 rings (SSSR count). The Morgan fingerprint density at radius 2 is 1.88 bits per heavy atom. The third-order valence-electron chi connectivity index (χ3n) is 4.36. The zero-order valence-electron chi connectivity index (χ0n) is 10.3. The molecule has 2 fully saturated rings. The maximum atomic E-state index is 12.1. The quantitative estimate of drug-likeness (QED) is 0.796. The summed E-state index contributed by atoms with van der Waals surface area (Å²) in [6.07, 6.45) is 9.17. The topological polar surface area (TPSA) is 46.3 Å². The van der Waals surface area contributed by atoms with Crippen molar-refractivity contribution in [3.8, 4) is 0 Å². The molecule has 2 aliphatic rings. The van der Waals surface area contributed by atoms with Crippen molar-refractivity contribution in [2.24, 2.45) is 11.7 Å². The highest BCUT2D eigenvalue weighted by atomic mass is 16.2. The van der Waals surface area contributed by atoms with Crippen LogP contribution >= 0.6 is 0 Å².